The van der Waals surface area contributed by atoms with E-state index in [-0.39, 0.29) is 5.91 Å². The van der Waals surface area contributed by atoms with Crippen molar-refractivity contribution in [1.82, 2.24) is 15.5 Å². The average molecular weight is 331 g/mol. The molecular formula is C19H29N3O2. The molecule has 0 bridgehead atoms. The Morgan fingerprint density at radius 3 is 2.58 bits per heavy atom. The fourth-order valence-electron chi connectivity index (χ4n) is 4.67. The largest absolute Gasteiger partial charge is 0.425 e. The SMILES string of the molecule is O=C(CCc1nnc(C2CCCC2)o1)N[C@@H]1C[C@@H]1C1CCCCC1. The summed E-state index contributed by atoms with van der Waals surface area (Å²) in [5.41, 5.74) is 0. The normalized spacial score (nSPS) is 28.2. The van der Waals surface area contributed by atoms with Crippen LogP contribution in [0.2, 0.25) is 0 Å². The topological polar surface area (TPSA) is 68.0 Å². The Hall–Kier alpha value is -1.39. The second-order valence-corrected chi connectivity index (χ2v) is 7.99. The molecule has 1 aromatic heterocycles. The van der Waals surface area contributed by atoms with Gasteiger partial charge in [0.25, 0.3) is 0 Å². The number of amides is 1. The lowest BCUT2D eigenvalue weighted by atomic mass is 9.85. The Kier molecular flexibility index (Phi) is 4.86. The minimum absolute atomic E-state index is 0.138. The number of hydrogen-bond acceptors (Lipinski definition) is 4. The maximum atomic E-state index is 12.2. The van der Waals surface area contributed by atoms with E-state index in [0.717, 1.165) is 30.6 Å². The van der Waals surface area contributed by atoms with Crippen molar-refractivity contribution in [3.8, 4) is 0 Å². The third-order valence-corrected chi connectivity index (χ3v) is 6.19. The summed E-state index contributed by atoms with van der Waals surface area (Å²) in [4.78, 5) is 12.2. The lowest BCUT2D eigenvalue weighted by Gasteiger charge is -2.21. The van der Waals surface area contributed by atoms with Crippen LogP contribution in [0.25, 0.3) is 0 Å². The van der Waals surface area contributed by atoms with E-state index < -0.39 is 0 Å². The maximum Gasteiger partial charge on any atom is 0.220 e. The van der Waals surface area contributed by atoms with Gasteiger partial charge in [0.1, 0.15) is 0 Å². The van der Waals surface area contributed by atoms with Gasteiger partial charge >= 0.3 is 0 Å². The quantitative estimate of drug-likeness (QED) is 0.862. The number of nitrogens with one attached hydrogen (secondary N) is 1. The second-order valence-electron chi connectivity index (χ2n) is 7.99. The molecule has 132 valence electrons. The van der Waals surface area contributed by atoms with Crippen LogP contribution in [0.15, 0.2) is 4.42 Å². The van der Waals surface area contributed by atoms with Crippen LogP contribution in [0.1, 0.15) is 88.3 Å². The fourth-order valence-corrected chi connectivity index (χ4v) is 4.67. The zero-order chi connectivity index (χ0) is 16.4. The highest BCUT2D eigenvalue weighted by molar-refractivity contribution is 5.76. The first-order valence-electron chi connectivity index (χ1n) is 9.91. The number of carbonyl (C=O) groups excluding carboxylic acids is 1. The van der Waals surface area contributed by atoms with Crippen LogP contribution < -0.4 is 5.32 Å². The predicted molar refractivity (Wildman–Crippen MR) is 90.4 cm³/mol. The van der Waals surface area contributed by atoms with Crippen LogP contribution in [-0.4, -0.2) is 22.1 Å². The molecule has 1 heterocycles. The van der Waals surface area contributed by atoms with E-state index >= 15 is 0 Å². The van der Waals surface area contributed by atoms with E-state index in [1.807, 2.05) is 0 Å². The minimum Gasteiger partial charge on any atom is -0.425 e. The van der Waals surface area contributed by atoms with Crippen molar-refractivity contribution in [3.05, 3.63) is 11.8 Å². The highest BCUT2D eigenvalue weighted by atomic mass is 16.4. The summed E-state index contributed by atoms with van der Waals surface area (Å²) in [6.45, 7) is 0. The first-order chi connectivity index (χ1) is 11.8. The van der Waals surface area contributed by atoms with Crippen molar-refractivity contribution in [1.29, 1.82) is 0 Å². The fraction of sp³-hybridized carbons (Fsp3) is 0.842. The Morgan fingerprint density at radius 2 is 1.79 bits per heavy atom. The summed E-state index contributed by atoms with van der Waals surface area (Å²) in [6.07, 6.45) is 13.9. The summed E-state index contributed by atoms with van der Waals surface area (Å²) >= 11 is 0. The van der Waals surface area contributed by atoms with Crippen LogP contribution in [0.3, 0.4) is 0 Å². The Morgan fingerprint density at radius 1 is 1.04 bits per heavy atom. The zero-order valence-corrected chi connectivity index (χ0v) is 14.5. The first kappa shape index (κ1) is 16.1. The van der Waals surface area contributed by atoms with Gasteiger partial charge in [-0.25, -0.2) is 0 Å². The Labute approximate surface area is 144 Å². The van der Waals surface area contributed by atoms with Crippen molar-refractivity contribution in [2.24, 2.45) is 11.8 Å². The number of aryl methyl sites for hydroxylation is 1. The summed E-state index contributed by atoms with van der Waals surface area (Å²) in [7, 11) is 0. The molecule has 5 heteroatoms. The molecule has 1 amide bonds. The molecule has 3 fully saturated rings. The zero-order valence-electron chi connectivity index (χ0n) is 14.5. The maximum absolute atomic E-state index is 12.2. The molecular weight excluding hydrogens is 302 g/mol. The Balaban J connectivity index is 1.18. The van der Waals surface area contributed by atoms with Gasteiger partial charge in [0.05, 0.1) is 0 Å². The van der Waals surface area contributed by atoms with Crippen molar-refractivity contribution in [2.45, 2.75) is 89.0 Å². The molecule has 1 aromatic rings. The molecule has 3 saturated carbocycles. The van der Waals surface area contributed by atoms with Gasteiger partial charge in [-0.05, 0) is 31.1 Å². The van der Waals surface area contributed by atoms with E-state index in [9.17, 15) is 4.79 Å². The summed E-state index contributed by atoms with van der Waals surface area (Å²) in [5.74, 6) is 3.58. The molecule has 3 aliphatic rings. The third-order valence-electron chi connectivity index (χ3n) is 6.19. The average Bonchev–Trinajstić information content (AvgIpc) is 3.03. The number of rotatable bonds is 6. The molecule has 5 nitrogen and oxygen atoms in total. The van der Waals surface area contributed by atoms with Gasteiger partial charge in [-0.2, -0.15) is 0 Å². The standard InChI is InChI=1S/C19H29N3O2/c23-17(20-16-12-15(16)13-6-2-1-3-7-13)10-11-18-21-22-19(24-18)14-8-4-5-9-14/h13-16H,1-12H2,(H,20,23)/t15-,16-/m1/s1. The monoisotopic (exact) mass is 331 g/mol. The molecule has 0 aliphatic heterocycles. The molecule has 3 aliphatic carbocycles. The summed E-state index contributed by atoms with van der Waals surface area (Å²) < 4.78 is 5.75. The van der Waals surface area contributed by atoms with Gasteiger partial charge in [-0.1, -0.05) is 44.9 Å². The highest BCUT2D eigenvalue weighted by Gasteiger charge is 2.43. The molecule has 0 spiro atoms. The summed E-state index contributed by atoms with van der Waals surface area (Å²) in [6, 6.07) is 0.428. The number of carbonyl (C=O) groups is 1. The molecule has 0 saturated heterocycles. The van der Waals surface area contributed by atoms with Crippen LogP contribution in [0.4, 0.5) is 0 Å². The highest BCUT2D eigenvalue weighted by Crippen LogP contribution is 2.44. The van der Waals surface area contributed by atoms with Crippen molar-refractivity contribution < 1.29 is 9.21 Å². The van der Waals surface area contributed by atoms with Crippen LogP contribution >= 0.6 is 0 Å². The van der Waals surface area contributed by atoms with Crippen molar-refractivity contribution >= 4 is 5.91 Å². The predicted octanol–water partition coefficient (Wildman–Crippen LogP) is 3.74. The van der Waals surface area contributed by atoms with Crippen LogP contribution in [0.5, 0.6) is 0 Å². The molecule has 2 atom stereocenters. The number of nitrogens with zero attached hydrogens (tertiary/aromatic N) is 2. The van der Waals surface area contributed by atoms with E-state index in [1.54, 1.807) is 0 Å². The Bertz CT molecular complexity index is 559. The second kappa shape index (κ2) is 7.24. The van der Waals surface area contributed by atoms with Crippen molar-refractivity contribution in [3.63, 3.8) is 0 Å². The van der Waals surface area contributed by atoms with Gasteiger partial charge < -0.3 is 9.73 Å². The molecule has 4 rings (SSSR count). The minimum atomic E-state index is 0.138. The van der Waals surface area contributed by atoms with Gasteiger partial charge in [-0.15, -0.1) is 10.2 Å². The van der Waals surface area contributed by atoms with Crippen LogP contribution in [0, 0.1) is 11.8 Å². The van der Waals surface area contributed by atoms with Gasteiger partial charge in [0.2, 0.25) is 17.7 Å². The smallest absolute Gasteiger partial charge is 0.220 e. The first-order valence-corrected chi connectivity index (χ1v) is 9.91. The lowest BCUT2D eigenvalue weighted by molar-refractivity contribution is -0.121. The van der Waals surface area contributed by atoms with E-state index in [0.29, 0.717) is 30.7 Å². The van der Waals surface area contributed by atoms with E-state index in [4.69, 9.17) is 4.42 Å². The molecule has 0 unspecified atom stereocenters. The summed E-state index contributed by atoms with van der Waals surface area (Å²) in [5, 5.41) is 11.5. The van der Waals surface area contributed by atoms with Crippen molar-refractivity contribution in [2.75, 3.05) is 0 Å². The third kappa shape index (κ3) is 3.81. The van der Waals surface area contributed by atoms with E-state index in [2.05, 4.69) is 15.5 Å². The number of aromatic nitrogens is 2. The molecule has 24 heavy (non-hydrogen) atoms. The van der Waals surface area contributed by atoms with Crippen LogP contribution in [-0.2, 0) is 11.2 Å². The molecule has 0 radical (unpaired) electrons. The molecule has 0 aromatic carbocycles. The molecule has 1 N–H and O–H groups in total. The number of hydrogen-bond donors (Lipinski definition) is 1. The lowest BCUT2D eigenvalue weighted by Crippen LogP contribution is -2.28. The van der Waals surface area contributed by atoms with E-state index in [1.165, 1.54) is 51.4 Å². The van der Waals surface area contributed by atoms with Gasteiger partial charge in [-0.3, -0.25) is 4.79 Å². The van der Waals surface area contributed by atoms with Gasteiger partial charge in [0.15, 0.2) is 0 Å². The van der Waals surface area contributed by atoms with Gasteiger partial charge in [0, 0.05) is 24.8 Å².